The maximum Gasteiger partial charge on any atom is 0.255 e. The van der Waals surface area contributed by atoms with Gasteiger partial charge in [-0.1, -0.05) is 41.9 Å². The number of hydrazone groups is 1. The van der Waals surface area contributed by atoms with E-state index in [0.717, 1.165) is 15.4 Å². The van der Waals surface area contributed by atoms with E-state index in [4.69, 9.17) is 16.3 Å². The molecule has 7 nitrogen and oxygen atoms in total. The summed E-state index contributed by atoms with van der Waals surface area (Å²) in [5.74, 6) is 0.146. The number of nitrogens with one attached hydrogen (secondary N) is 1. The number of hydrogen-bond donors (Lipinski definition) is 1. The van der Waals surface area contributed by atoms with Crippen molar-refractivity contribution in [3.8, 4) is 5.75 Å². The number of benzene rings is 3. The van der Waals surface area contributed by atoms with Crippen LogP contribution in [0.3, 0.4) is 0 Å². The van der Waals surface area contributed by atoms with E-state index in [1.807, 2.05) is 30.3 Å². The van der Waals surface area contributed by atoms with Crippen molar-refractivity contribution >= 4 is 33.7 Å². The first kappa shape index (κ1) is 23.5. The fourth-order valence-corrected chi connectivity index (χ4v) is 3.93. The van der Waals surface area contributed by atoms with Crippen molar-refractivity contribution in [2.45, 2.75) is 11.5 Å². The van der Waals surface area contributed by atoms with Crippen LogP contribution in [0.4, 0.5) is 0 Å². The van der Waals surface area contributed by atoms with Crippen LogP contribution < -0.4 is 10.2 Å². The molecule has 0 saturated carbocycles. The molecule has 32 heavy (non-hydrogen) atoms. The van der Waals surface area contributed by atoms with Crippen molar-refractivity contribution < 1.29 is 17.9 Å². The zero-order chi connectivity index (χ0) is 23.0. The monoisotopic (exact) mass is 471 g/mol. The van der Waals surface area contributed by atoms with Crippen LogP contribution in [-0.2, 0) is 21.4 Å². The first-order valence-electron chi connectivity index (χ1n) is 9.65. The van der Waals surface area contributed by atoms with Crippen molar-refractivity contribution in [2.24, 2.45) is 5.10 Å². The zero-order valence-corrected chi connectivity index (χ0v) is 18.9. The molecule has 0 radical (unpaired) electrons. The van der Waals surface area contributed by atoms with Gasteiger partial charge in [0.05, 0.1) is 17.7 Å². The van der Waals surface area contributed by atoms with Gasteiger partial charge in [-0.25, -0.2) is 13.8 Å². The highest BCUT2D eigenvalue weighted by Gasteiger charge is 2.22. The fraction of sp³-hybridized carbons (Fsp3) is 0.130. The molecule has 1 amide bonds. The maximum absolute atomic E-state index is 12.5. The molecule has 3 aromatic carbocycles. The lowest BCUT2D eigenvalue weighted by Crippen LogP contribution is -2.36. The molecule has 9 heteroatoms. The number of sulfonamides is 1. The van der Waals surface area contributed by atoms with Gasteiger partial charge in [-0.3, -0.25) is 4.79 Å². The Morgan fingerprint density at radius 3 is 2.34 bits per heavy atom. The molecule has 0 heterocycles. The van der Waals surface area contributed by atoms with Gasteiger partial charge in [0.25, 0.3) is 5.91 Å². The van der Waals surface area contributed by atoms with Gasteiger partial charge >= 0.3 is 0 Å². The van der Waals surface area contributed by atoms with Crippen molar-refractivity contribution in [1.82, 2.24) is 9.73 Å². The van der Waals surface area contributed by atoms with Gasteiger partial charge in [0.1, 0.15) is 12.4 Å². The van der Waals surface area contributed by atoms with Crippen LogP contribution in [0.25, 0.3) is 0 Å². The molecule has 0 atom stereocenters. The highest BCUT2D eigenvalue weighted by atomic mass is 35.5. The van der Waals surface area contributed by atoms with Crippen LogP contribution >= 0.6 is 11.6 Å². The van der Waals surface area contributed by atoms with Crippen molar-refractivity contribution in [3.05, 3.63) is 95.0 Å². The topological polar surface area (TPSA) is 88.1 Å². The lowest BCUT2D eigenvalue weighted by Gasteiger charge is -2.16. The molecule has 3 rings (SSSR count). The van der Waals surface area contributed by atoms with Gasteiger partial charge in [-0.15, -0.1) is 0 Å². The van der Waals surface area contributed by atoms with E-state index in [9.17, 15) is 13.2 Å². The second-order valence-electron chi connectivity index (χ2n) is 6.85. The van der Waals surface area contributed by atoms with E-state index < -0.39 is 15.9 Å². The second-order valence-corrected chi connectivity index (χ2v) is 9.33. The summed E-state index contributed by atoms with van der Waals surface area (Å²) in [5, 5.41) is 4.31. The normalized spacial score (nSPS) is 11.6. The van der Waals surface area contributed by atoms with Gasteiger partial charge < -0.3 is 4.74 Å². The highest BCUT2D eigenvalue weighted by molar-refractivity contribution is 7.89. The van der Waals surface area contributed by atoms with Crippen LogP contribution in [-0.4, -0.2) is 38.4 Å². The highest BCUT2D eigenvalue weighted by Crippen LogP contribution is 2.17. The van der Waals surface area contributed by atoms with E-state index in [1.54, 1.807) is 24.3 Å². The predicted octanol–water partition coefficient (Wildman–Crippen LogP) is 3.69. The smallest absolute Gasteiger partial charge is 0.255 e. The molecule has 0 aliphatic rings. The maximum atomic E-state index is 12.5. The number of halogens is 1. The first-order chi connectivity index (χ1) is 15.3. The van der Waals surface area contributed by atoms with E-state index in [0.29, 0.717) is 17.4 Å². The molecule has 1 N–H and O–H groups in total. The molecule has 3 aromatic rings. The molecule has 0 spiro atoms. The number of hydrogen-bond acceptors (Lipinski definition) is 5. The van der Waals surface area contributed by atoms with Crippen LogP contribution in [0, 0.1) is 0 Å². The predicted molar refractivity (Wildman–Crippen MR) is 124 cm³/mol. The molecule has 0 fully saturated rings. The number of rotatable bonds is 9. The van der Waals surface area contributed by atoms with Gasteiger partial charge in [0.2, 0.25) is 10.0 Å². The van der Waals surface area contributed by atoms with E-state index in [2.05, 4.69) is 10.5 Å². The van der Waals surface area contributed by atoms with Crippen LogP contribution in [0.5, 0.6) is 5.75 Å². The van der Waals surface area contributed by atoms with Crippen LogP contribution in [0.2, 0.25) is 5.02 Å². The number of ether oxygens (including phenoxy) is 1. The minimum atomic E-state index is -3.81. The summed E-state index contributed by atoms with van der Waals surface area (Å²) in [6.07, 6.45) is 1.46. The third kappa shape index (κ3) is 6.65. The largest absolute Gasteiger partial charge is 0.489 e. The second kappa shape index (κ2) is 10.9. The number of carbonyl (C=O) groups excluding carboxylic acids is 1. The van der Waals surface area contributed by atoms with Crippen LogP contribution in [0.15, 0.2) is 88.9 Å². The quantitative estimate of drug-likeness (QED) is 0.381. The summed E-state index contributed by atoms with van der Waals surface area (Å²) in [6, 6.07) is 22.8. The molecular formula is C23H22ClN3O4S. The van der Waals surface area contributed by atoms with Gasteiger partial charge in [0, 0.05) is 12.1 Å². The number of nitrogens with zero attached hydrogens (tertiary/aromatic N) is 2. The average molecular weight is 472 g/mol. The molecule has 166 valence electrons. The molecule has 0 unspecified atom stereocenters. The minimum Gasteiger partial charge on any atom is -0.489 e. The Morgan fingerprint density at radius 2 is 1.69 bits per heavy atom. The van der Waals surface area contributed by atoms with E-state index >= 15 is 0 Å². The van der Waals surface area contributed by atoms with Gasteiger partial charge in [0.15, 0.2) is 0 Å². The molecule has 0 aliphatic carbocycles. The van der Waals surface area contributed by atoms with Crippen molar-refractivity contribution in [3.63, 3.8) is 0 Å². The summed E-state index contributed by atoms with van der Waals surface area (Å²) in [4.78, 5) is 12.1. The SMILES string of the molecule is CN(CC(=O)N/N=C\c1ccc(OCc2ccccc2)cc1)S(=O)(=O)c1ccc(Cl)cc1. The average Bonchev–Trinajstić information content (AvgIpc) is 2.79. The summed E-state index contributed by atoms with van der Waals surface area (Å²) < 4.78 is 31.7. The number of amides is 1. The summed E-state index contributed by atoms with van der Waals surface area (Å²) in [5.41, 5.74) is 4.15. The van der Waals surface area contributed by atoms with Crippen molar-refractivity contribution in [2.75, 3.05) is 13.6 Å². The first-order valence-corrected chi connectivity index (χ1v) is 11.5. The summed E-state index contributed by atoms with van der Waals surface area (Å²) in [6.45, 7) is 0.0886. The molecule has 0 saturated heterocycles. The zero-order valence-electron chi connectivity index (χ0n) is 17.3. The van der Waals surface area contributed by atoms with Gasteiger partial charge in [-0.2, -0.15) is 9.41 Å². The molecule has 0 aliphatic heterocycles. The Balaban J connectivity index is 1.48. The van der Waals surface area contributed by atoms with Crippen LogP contribution in [0.1, 0.15) is 11.1 Å². The van der Waals surface area contributed by atoms with Crippen molar-refractivity contribution in [1.29, 1.82) is 0 Å². The Hall–Kier alpha value is -3.20. The lowest BCUT2D eigenvalue weighted by molar-refractivity contribution is -0.121. The Labute approximate surface area is 192 Å². The third-order valence-corrected chi connectivity index (χ3v) is 6.49. The Bertz CT molecular complexity index is 1170. The summed E-state index contributed by atoms with van der Waals surface area (Å²) in [7, 11) is -2.49. The van der Waals surface area contributed by atoms with Gasteiger partial charge in [-0.05, 0) is 59.7 Å². The molecular weight excluding hydrogens is 450 g/mol. The number of likely N-dealkylation sites (N-methyl/N-ethyl adjacent to an activating group) is 1. The Morgan fingerprint density at radius 1 is 1.03 bits per heavy atom. The molecule has 0 bridgehead atoms. The Kier molecular flexibility index (Phi) is 7.99. The van der Waals surface area contributed by atoms with E-state index in [1.165, 1.54) is 37.5 Å². The third-order valence-electron chi connectivity index (χ3n) is 4.42. The lowest BCUT2D eigenvalue weighted by atomic mass is 10.2. The number of carbonyl (C=O) groups is 1. The summed E-state index contributed by atoms with van der Waals surface area (Å²) >= 11 is 5.79. The minimum absolute atomic E-state index is 0.0512. The molecule has 0 aromatic heterocycles. The van der Waals surface area contributed by atoms with E-state index in [-0.39, 0.29) is 11.4 Å². The fourth-order valence-electron chi connectivity index (χ4n) is 2.68. The standard InChI is InChI=1S/C23H22ClN3O4S/c1-27(32(29,30)22-13-9-20(24)10-14-22)16-23(28)26-25-15-18-7-11-21(12-8-18)31-17-19-5-3-2-4-6-19/h2-15H,16-17H2,1H3,(H,26,28)/b25-15-.